The van der Waals surface area contributed by atoms with Crippen molar-refractivity contribution in [3.63, 3.8) is 0 Å². The number of esters is 1. The van der Waals surface area contributed by atoms with Crippen LogP contribution in [0.1, 0.15) is 57.4 Å². The molecule has 0 spiro atoms. The predicted octanol–water partition coefficient (Wildman–Crippen LogP) is 4.44. The van der Waals surface area contributed by atoms with Crippen molar-refractivity contribution in [3.05, 3.63) is 35.5 Å². The lowest BCUT2D eigenvalue weighted by atomic mass is 10.1. The number of rotatable bonds is 8. The van der Waals surface area contributed by atoms with Crippen molar-refractivity contribution in [1.82, 2.24) is 0 Å². The van der Waals surface area contributed by atoms with Crippen molar-refractivity contribution in [1.29, 1.82) is 0 Å². The van der Waals surface area contributed by atoms with E-state index in [1.807, 2.05) is 0 Å². The first kappa shape index (κ1) is 16.3. The molecule has 0 aromatic heterocycles. The number of nitrogens with zero attached hydrogens (tertiary/aromatic N) is 1. The molecular weight excluding hydrogens is 278 g/mol. The summed E-state index contributed by atoms with van der Waals surface area (Å²) in [6, 6.07) is 6.62. The summed E-state index contributed by atoms with van der Waals surface area (Å²) in [6.45, 7) is 2.20. The first-order valence-corrected chi connectivity index (χ1v) is 7.99. The van der Waals surface area contributed by atoms with Crippen LogP contribution in [0.15, 0.2) is 35.0 Å². The maximum Gasteiger partial charge on any atom is 0.363 e. The number of hydrogen-bond acceptors (Lipinski definition) is 4. The number of cyclic esters (lactones) is 1. The first-order valence-electron chi connectivity index (χ1n) is 7.99. The monoisotopic (exact) mass is 301 g/mol. The quantitative estimate of drug-likeness (QED) is 0.439. The van der Waals surface area contributed by atoms with Gasteiger partial charge in [0, 0.05) is 6.42 Å². The summed E-state index contributed by atoms with van der Waals surface area (Å²) in [6.07, 6.45) is 9.57. The van der Waals surface area contributed by atoms with E-state index in [9.17, 15) is 9.90 Å². The molecule has 0 aliphatic carbocycles. The first-order chi connectivity index (χ1) is 10.7. The number of carbonyl (C=O) groups is 1. The van der Waals surface area contributed by atoms with Crippen LogP contribution in [0, 0.1) is 0 Å². The fourth-order valence-corrected chi connectivity index (χ4v) is 2.35. The van der Waals surface area contributed by atoms with Gasteiger partial charge in [-0.2, -0.15) is 0 Å². The van der Waals surface area contributed by atoms with Gasteiger partial charge in [0.2, 0.25) is 0 Å². The lowest BCUT2D eigenvalue weighted by Gasteiger charge is -2.00. The Kier molecular flexibility index (Phi) is 6.19. The van der Waals surface area contributed by atoms with Gasteiger partial charge in [0.05, 0.1) is 0 Å². The average Bonchev–Trinajstić information content (AvgIpc) is 2.85. The third-order valence-corrected chi connectivity index (χ3v) is 3.61. The van der Waals surface area contributed by atoms with Gasteiger partial charge < -0.3 is 9.84 Å². The summed E-state index contributed by atoms with van der Waals surface area (Å²) >= 11 is 0. The van der Waals surface area contributed by atoms with Crippen molar-refractivity contribution in [2.24, 2.45) is 4.99 Å². The molecule has 22 heavy (non-hydrogen) atoms. The fourth-order valence-electron chi connectivity index (χ4n) is 2.35. The normalized spacial score (nSPS) is 16.0. The van der Waals surface area contributed by atoms with Crippen LogP contribution in [-0.2, 0) is 9.53 Å². The van der Waals surface area contributed by atoms with Gasteiger partial charge in [-0.1, -0.05) is 51.2 Å². The molecular formula is C18H23NO3. The summed E-state index contributed by atoms with van der Waals surface area (Å²) in [4.78, 5) is 16.0. The van der Waals surface area contributed by atoms with E-state index in [0.29, 0.717) is 18.0 Å². The van der Waals surface area contributed by atoms with Crippen LogP contribution in [0.4, 0.5) is 0 Å². The number of ether oxygens (including phenoxy) is 1. The molecule has 1 heterocycles. The number of unbranched alkanes of at least 4 members (excludes halogenated alkanes) is 5. The predicted molar refractivity (Wildman–Crippen MR) is 87.6 cm³/mol. The second-order valence-electron chi connectivity index (χ2n) is 5.53. The van der Waals surface area contributed by atoms with E-state index in [1.54, 1.807) is 30.3 Å². The van der Waals surface area contributed by atoms with Crippen LogP contribution in [-0.4, -0.2) is 17.0 Å². The Labute approximate surface area is 131 Å². The number of aliphatic imine (C=N–C) groups is 1. The number of aromatic hydroxyl groups is 1. The Balaban J connectivity index is 1.84. The highest BCUT2D eigenvalue weighted by Gasteiger charge is 2.22. The molecule has 0 unspecified atom stereocenters. The molecule has 0 saturated carbocycles. The number of phenols is 1. The molecule has 4 nitrogen and oxygen atoms in total. The minimum atomic E-state index is -0.394. The second-order valence-corrected chi connectivity index (χ2v) is 5.53. The zero-order chi connectivity index (χ0) is 15.8. The Morgan fingerprint density at radius 2 is 1.77 bits per heavy atom. The van der Waals surface area contributed by atoms with E-state index < -0.39 is 5.97 Å². The summed E-state index contributed by atoms with van der Waals surface area (Å²) in [5.41, 5.74) is 1.14. The van der Waals surface area contributed by atoms with Crippen LogP contribution in [0.2, 0.25) is 0 Å². The van der Waals surface area contributed by atoms with Gasteiger partial charge in [-0.25, -0.2) is 9.79 Å². The molecule has 1 aliphatic rings. The van der Waals surface area contributed by atoms with Crippen molar-refractivity contribution in [2.45, 2.75) is 51.9 Å². The van der Waals surface area contributed by atoms with Gasteiger partial charge in [0.15, 0.2) is 11.6 Å². The molecule has 0 amide bonds. The second kappa shape index (κ2) is 8.37. The van der Waals surface area contributed by atoms with Gasteiger partial charge in [-0.3, -0.25) is 0 Å². The zero-order valence-electron chi connectivity index (χ0n) is 13.0. The van der Waals surface area contributed by atoms with Gasteiger partial charge in [0.25, 0.3) is 0 Å². The van der Waals surface area contributed by atoms with Crippen molar-refractivity contribution < 1.29 is 14.6 Å². The summed E-state index contributed by atoms with van der Waals surface area (Å²) < 4.78 is 5.19. The van der Waals surface area contributed by atoms with Crippen LogP contribution in [0.3, 0.4) is 0 Å². The maximum absolute atomic E-state index is 11.8. The molecule has 2 rings (SSSR count). The number of hydrogen-bond donors (Lipinski definition) is 1. The number of phenolic OH excluding ortho intramolecular Hbond substituents is 1. The molecule has 4 heteroatoms. The molecule has 0 bridgehead atoms. The molecule has 0 radical (unpaired) electrons. The van der Waals surface area contributed by atoms with E-state index in [-0.39, 0.29) is 5.75 Å². The third kappa shape index (κ3) is 5.02. The molecule has 1 aliphatic heterocycles. The number of carbonyl (C=O) groups excluding carboxylic acids is 1. The van der Waals surface area contributed by atoms with Crippen molar-refractivity contribution >= 4 is 17.9 Å². The third-order valence-electron chi connectivity index (χ3n) is 3.61. The highest BCUT2D eigenvalue weighted by atomic mass is 16.6. The standard InChI is InChI=1S/C18H23NO3/c1-2-3-4-5-6-7-8-17-19-16(18(21)22-17)13-14-9-11-15(20)12-10-14/h9-13,20H,2-8H2,1H3. The number of benzene rings is 1. The highest BCUT2D eigenvalue weighted by Crippen LogP contribution is 2.19. The molecule has 0 saturated heterocycles. The molecule has 118 valence electrons. The van der Waals surface area contributed by atoms with Crippen LogP contribution in [0.25, 0.3) is 6.08 Å². The van der Waals surface area contributed by atoms with Gasteiger partial charge in [-0.05, 0) is 30.2 Å². The van der Waals surface area contributed by atoms with Crippen LogP contribution < -0.4 is 0 Å². The summed E-state index contributed by atoms with van der Waals surface area (Å²) in [5, 5.41) is 9.25. The molecule has 0 atom stereocenters. The fraction of sp³-hybridized carbons (Fsp3) is 0.444. The van der Waals surface area contributed by atoms with Crippen molar-refractivity contribution in [2.75, 3.05) is 0 Å². The Bertz CT molecular complexity index is 558. The smallest absolute Gasteiger partial charge is 0.363 e. The van der Waals surface area contributed by atoms with E-state index in [4.69, 9.17) is 4.74 Å². The average molecular weight is 301 g/mol. The maximum atomic E-state index is 11.8. The van der Waals surface area contributed by atoms with Gasteiger partial charge in [-0.15, -0.1) is 0 Å². The summed E-state index contributed by atoms with van der Waals surface area (Å²) in [5.74, 6) is 0.322. The van der Waals surface area contributed by atoms with Gasteiger partial charge >= 0.3 is 5.97 Å². The van der Waals surface area contributed by atoms with E-state index in [2.05, 4.69) is 11.9 Å². The molecule has 1 aromatic rings. The SMILES string of the molecule is CCCCCCCCC1=NC(=Cc2ccc(O)cc2)C(=O)O1. The van der Waals surface area contributed by atoms with E-state index in [0.717, 1.165) is 18.4 Å². The van der Waals surface area contributed by atoms with Crippen LogP contribution >= 0.6 is 0 Å². The highest BCUT2D eigenvalue weighted by molar-refractivity contribution is 6.07. The topological polar surface area (TPSA) is 58.9 Å². The summed E-state index contributed by atoms with van der Waals surface area (Å²) in [7, 11) is 0. The molecule has 0 fully saturated rings. The molecule has 1 N–H and O–H groups in total. The molecule has 1 aromatic carbocycles. The van der Waals surface area contributed by atoms with E-state index >= 15 is 0 Å². The Morgan fingerprint density at radius 1 is 1.09 bits per heavy atom. The zero-order valence-corrected chi connectivity index (χ0v) is 13.0. The minimum Gasteiger partial charge on any atom is -0.508 e. The minimum absolute atomic E-state index is 0.198. The van der Waals surface area contributed by atoms with E-state index in [1.165, 1.54) is 25.7 Å². The Morgan fingerprint density at radius 3 is 2.50 bits per heavy atom. The Hall–Kier alpha value is -2.10. The largest absolute Gasteiger partial charge is 0.508 e. The van der Waals surface area contributed by atoms with Gasteiger partial charge in [0.1, 0.15) is 5.75 Å². The van der Waals surface area contributed by atoms with Crippen LogP contribution in [0.5, 0.6) is 5.75 Å². The van der Waals surface area contributed by atoms with Crippen molar-refractivity contribution in [3.8, 4) is 5.75 Å². The lowest BCUT2D eigenvalue weighted by Crippen LogP contribution is -2.03. The lowest BCUT2D eigenvalue weighted by molar-refractivity contribution is -0.130.